The van der Waals surface area contributed by atoms with Gasteiger partial charge in [0.2, 0.25) is 0 Å². The Labute approximate surface area is 196 Å². The van der Waals surface area contributed by atoms with Crippen LogP contribution < -0.4 is 0 Å². The van der Waals surface area contributed by atoms with Crippen LogP contribution >= 0.6 is 22.9 Å². The van der Waals surface area contributed by atoms with Gasteiger partial charge in [0.05, 0.1) is 34.5 Å². The summed E-state index contributed by atoms with van der Waals surface area (Å²) in [6, 6.07) is 9.77. The summed E-state index contributed by atoms with van der Waals surface area (Å²) in [6.45, 7) is 3.93. The van der Waals surface area contributed by atoms with E-state index in [0.717, 1.165) is 52.5 Å². The molecule has 0 atom stereocenters. The van der Waals surface area contributed by atoms with Gasteiger partial charge in [-0.15, -0.1) is 11.3 Å². The van der Waals surface area contributed by atoms with E-state index in [1.165, 1.54) is 4.88 Å². The number of ether oxygens (including phenoxy) is 2. The van der Waals surface area contributed by atoms with Crippen molar-refractivity contribution in [2.24, 2.45) is 0 Å². The Bertz CT molecular complexity index is 1150. The first kappa shape index (κ1) is 22.8. The van der Waals surface area contributed by atoms with E-state index in [2.05, 4.69) is 31.1 Å². The zero-order valence-corrected chi connectivity index (χ0v) is 19.7. The molecule has 0 spiro atoms. The Kier molecular flexibility index (Phi) is 7.83. The maximum atomic E-state index is 6.35. The van der Waals surface area contributed by atoms with Crippen LogP contribution in [0.3, 0.4) is 0 Å². The van der Waals surface area contributed by atoms with Crippen molar-refractivity contribution in [2.75, 3.05) is 40.5 Å². The number of pyridine rings is 1. The van der Waals surface area contributed by atoms with Crippen LogP contribution in [0.15, 0.2) is 42.7 Å². The number of nitrogens with zero attached hydrogens (tertiary/aromatic N) is 4. The first-order valence-electron chi connectivity index (χ1n) is 10.4. The van der Waals surface area contributed by atoms with Crippen LogP contribution in [0.25, 0.3) is 22.2 Å². The molecule has 0 saturated carbocycles. The Hall–Kier alpha value is -2.36. The predicted octanol–water partition coefficient (Wildman–Crippen LogP) is 4.42. The lowest BCUT2D eigenvalue weighted by Crippen LogP contribution is -2.29. The van der Waals surface area contributed by atoms with Gasteiger partial charge < -0.3 is 9.47 Å². The Balaban J connectivity index is 1.51. The van der Waals surface area contributed by atoms with Crippen molar-refractivity contribution in [3.8, 4) is 11.3 Å². The molecule has 0 bridgehead atoms. The number of aromatic amines is 1. The summed E-state index contributed by atoms with van der Waals surface area (Å²) in [5, 5.41) is 10.4. The molecule has 9 heteroatoms. The first-order valence-corrected chi connectivity index (χ1v) is 11.6. The van der Waals surface area contributed by atoms with Gasteiger partial charge in [0.15, 0.2) is 0 Å². The van der Waals surface area contributed by atoms with Gasteiger partial charge in [-0.1, -0.05) is 17.7 Å². The topological polar surface area (TPSA) is 76.2 Å². The van der Waals surface area contributed by atoms with Gasteiger partial charge in [0.1, 0.15) is 0 Å². The number of benzene rings is 1. The molecule has 3 aromatic heterocycles. The lowest BCUT2D eigenvalue weighted by atomic mass is 10.1. The molecule has 168 valence electrons. The Morgan fingerprint density at radius 2 is 1.91 bits per heavy atom. The van der Waals surface area contributed by atoms with E-state index >= 15 is 0 Å². The summed E-state index contributed by atoms with van der Waals surface area (Å²) in [5.41, 5.74) is 3.69. The average molecular weight is 472 g/mol. The van der Waals surface area contributed by atoms with Crippen molar-refractivity contribution in [2.45, 2.75) is 13.0 Å². The van der Waals surface area contributed by atoms with Crippen LogP contribution in [-0.2, 0) is 22.4 Å². The molecule has 1 aromatic carbocycles. The molecule has 4 aromatic rings. The molecule has 0 saturated heterocycles. The monoisotopic (exact) mass is 471 g/mol. The van der Waals surface area contributed by atoms with Crippen LogP contribution in [0.1, 0.15) is 15.6 Å². The third-order valence-corrected chi connectivity index (χ3v) is 6.48. The van der Waals surface area contributed by atoms with E-state index in [9.17, 15) is 0 Å². The maximum absolute atomic E-state index is 6.35. The zero-order valence-electron chi connectivity index (χ0n) is 18.2. The van der Waals surface area contributed by atoms with Gasteiger partial charge in [-0.25, -0.2) is 4.98 Å². The fourth-order valence-corrected chi connectivity index (χ4v) is 4.74. The maximum Gasteiger partial charge on any atom is 0.0987 e. The third-order valence-electron chi connectivity index (χ3n) is 5.20. The average Bonchev–Trinajstić information content (AvgIpc) is 3.42. The minimum atomic E-state index is 0.632. The largest absolute Gasteiger partial charge is 0.383 e. The van der Waals surface area contributed by atoms with Crippen molar-refractivity contribution < 1.29 is 9.47 Å². The molecule has 0 aliphatic heterocycles. The van der Waals surface area contributed by atoms with E-state index in [1.807, 2.05) is 30.5 Å². The number of hydrogen-bond donors (Lipinski definition) is 1. The van der Waals surface area contributed by atoms with E-state index in [4.69, 9.17) is 21.1 Å². The van der Waals surface area contributed by atoms with Gasteiger partial charge >= 0.3 is 0 Å². The molecule has 3 heterocycles. The highest BCUT2D eigenvalue weighted by atomic mass is 35.5. The highest BCUT2D eigenvalue weighted by Crippen LogP contribution is 2.30. The van der Waals surface area contributed by atoms with Gasteiger partial charge in [-0.05, 0) is 24.3 Å². The number of rotatable bonds is 11. The molecule has 4 rings (SSSR count). The highest BCUT2D eigenvalue weighted by Gasteiger charge is 2.13. The van der Waals surface area contributed by atoms with Gasteiger partial charge in [0, 0.05) is 74.2 Å². The molecule has 7 nitrogen and oxygen atoms in total. The number of thiazole rings is 1. The highest BCUT2D eigenvalue weighted by molar-refractivity contribution is 7.11. The molecule has 0 fully saturated rings. The van der Waals surface area contributed by atoms with E-state index in [0.29, 0.717) is 24.7 Å². The van der Waals surface area contributed by atoms with Crippen LogP contribution in [0.5, 0.6) is 0 Å². The first-order chi connectivity index (χ1) is 15.7. The summed E-state index contributed by atoms with van der Waals surface area (Å²) in [4.78, 5) is 12.6. The lowest BCUT2D eigenvalue weighted by Gasteiger charge is -2.20. The standard InChI is InChI=1S/C23H26ClN5O2S/c1-30-10-8-29(9-11-31-2)15-17-14-26-22(32-17)13-21-18-12-16(5-6-20(18)27-28-21)23-19(24)4-3-7-25-23/h3-7,12,14H,8-11,13,15H2,1-2H3,(H,27,28). The van der Waals surface area contributed by atoms with Crippen molar-refractivity contribution in [1.29, 1.82) is 0 Å². The fraction of sp³-hybridized carbons (Fsp3) is 0.348. The van der Waals surface area contributed by atoms with E-state index in [-0.39, 0.29) is 0 Å². The summed E-state index contributed by atoms with van der Waals surface area (Å²) < 4.78 is 10.5. The van der Waals surface area contributed by atoms with Crippen molar-refractivity contribution >= 4 is 33.8 Å². The summed E-state index contributed by atoms with van der Waals surface area (Å²) in [6.07, 6.45) is 4.41. The van der Waals surface area contributed by atoms with Crippen molar-refractivity contribution in [1.82, 2.24) is 25.1 Å². The van der Waals surface area contributed by atoms with Crippen LogP contribution in [0, 0.1) is 0 Å². The summed E-state index contributed by atoms with van der Waals surface area (Å²) in [5.74, 6) is 0. The smallest absolute Gasteiger partial charge is 0.0987 e. The molecule has 0 unspecified atom stereocenters. The SMILES string of the molecule is COCCN(CCOC)Cc1cnc(Cc2[nH]nc3ccc(-c4ncccc4Cl)cc23)s1. The van der Waals surface area contributed by atoms with Crippen LogP contribution in [0.4, 0.5) is 0 Å². The molecule has 0 aliphatic rings. The summed E-state index contributed by atoms with van der Waals surface area (Å²) >= 11 is 8.07. The second-order valence-corrected chi connectivity index (χ2v) is 9.03. The Morgan fingerprint density at radius 1 is 1.09 bits per heavy atom. The van der Waals surface area contributed by atoms with Crippen LogP contribution in [-0.4, -0.2) is 65.6 Å². The minimum Gasteiger partial charge on any atom is -0.383 e. The molecule has 0 amide bonds. The second kappa shape index (κ2) is 11.0. The normalized spacial score (nSPS) is 11.6. The van der Waals surface area contributed by atoms with Crippen LogP contribution in [0.2, 0.25) is 5.02 Å². The number of hydrogen-bond acceptors (Lipinski definition) is 7. The predicted molar refractivity (Wildman–Crippen MR) is 128 cm³/mol. The number of halogens is 1. The second-order valence-electron chi connectivity index (χ2n) is 7.43. The number of H-pyrrole nitrogens is 1. The molecule has 0 radical (unpaired) electrons. The van der Waals surface area contributed by atoms with E-state index < -0.39 is 0 Å². The van der Waals surface area contributed by atoms with Gasteiger partial charge in [-0.2, -0.15) is 5.10 Å². The van der Waals surface area contributed by atoms with Crippen molar-refractivity contribution in [3.05, 3.63) is 63.3 Å². The number of fused-ring (bicyclic) bond motifs is 1. The number of methoxy groups -OCH3 is 2. The number of aromatic nitrogens is 4. The number of nitrogens with one attached hydrogen (secondary N) is 1. The molecule has 0 aliphatic carbocycles. The zero-order chi connectivity index (χ0) is 22.3. The fourth-order valence-electron chi connectivity index (χ4n) is 3.53. The molecule has 1 N–H and O–H groups in total. The molecular formula is C23H26ClN5O2S. The van der Waals surface area contributed by atoms with E-state index in [1.54, 1.807) is 31.8 Å². The van der Waals surface area contributed by atoms with Gasteiger partial charge in [-0.3, -0.25) is 15.0 Å². The van der Waals surface area contributed by atoms with Crippen molar-refractivity contribution in [3.63, 3.8) is 0 Å². The third kappa shape index (κ3) is 5.51. The summed E-state index contributed by atoms with van der Waals surface area (Å²) in [7, 11) is 3.45. The van der Waals surface area contributed by atoms with Gasteiger partial charge in [0.25, 0.3) is 0 Å². The quantitative estimate of drug-likeness (QED) is 0.349. The molecule has 32 heavy (non-hydrogen) atoms. The molecular weight excluding hydrogens is 446 g/mol. The Morgan fingerprint density at radius 3 is 2.66 bits per heavy atom. The lowest BCUT2D eigenvalue weighted by molar-refractivity contribution is 0.111. The minimum absolute atomic E-state index is 0.632.